The molecule has 0 aromatic carbocycles. The summed E-state index contributed by atoms with van der Waals surface area (Å²) >= 11 is 0. The second kappa shape index (κ2) is 4.43. The molecule has 0 saturated carbocycles. The number of fused-ring (bicyclic) bond motifs is 1. The van der Waals surface area contributed by atoms with E-state index in [-0.39, 0.29) is 0 Å². The van der Waals surface area contributed by atoms with E-state index in [1.54, 1.807) is 0 Å². The minimum absolute atomic E-state index is 0.488. The molecule has 0 aliphatic rings. The zero-order valence-electron chi connectivity index (χ0n) is 9.35. The van der Waals surface area contributed by atoms with E-state index in [9.17, 15) is 0 Å². The van der Waals surface area contributed by atoms with Gasteiger partial charge in [0.15, 0.2) is 5.65 Å². The molecular formula is C12H17N3. The summed E-state index contributed by atoms with van der Waals surface area (Å²) in [5.74, 6) is 1.57. The molecule has 80 valence electrons. The predicted octanol–water partition coefficient (Wildman–Crippen LogP) is 3.02. The Morgan fingerprint density at radius 1 is 1.33 bits per heavy atom. The second-order valence-corrected chi connectivity index (χ2v) is 4.03. The Hall–Kier alpha value is -1.38. The van der Waals surface area contributed by atoms with Gasteiger partial charge in [0, 0.05) is 12.1 Å². The fourth-order valence-corrected chi connectivity index (χ4v) is 1.84. The van der Waals surface area contributed by atoms with Crippen molar-refractivity contribution in [1.29, 1.82) is 0 Å². The molecule has 0 spiro atoms. The lowest BCUT2D eigenvalue weighted by atomic mass is 10.0. The molecule has 3 heteroatoms. The van der Waals surface area contributed by atoms with E-state index in [1.807, 2.05) is 24.4 Å². The number of rotatable bonds is 4. The molecule has 0 N–H and O–H groups in total. The molecule has 2 aromatic heterocycles. The van der Waals surface area contributed by atoms with Crippen molar-refractivity contribution in [1.82, 2.24) is 14.6 Å². The number of nitrogens with zero attached hydrogens (tertiary/aromatic N) is 3. The number of unbranched alkanes of at least 4 members (excludes halogenated alkanes) is 1. The van der Waals surface area contributed by atoms with Crippen LogP contribution >= 0.6 is 0 Å². The van der Waals surface area contributed by atoms with Crippen LogP contribution in [0.3, 0.4) is 0 Å². The van der Waals surface area contributed by atoms with Gasteiger partial charge < -0.3 is 0 Å². The molecule has 2 rings (SSSR count). The maximum atomic E-state index is 4.26. The summed E-state index contributed by atoms with van der Waals surface area (Å²) in [7, 11) is 0. The van der Waals surface area contributed by atoms with Gasteiger partial charge in [0.25, 0.3) is 0 Å². The van der Waals surface area contributed by atoms with Crippen molar-refractivity contribution in [2.75, 3.05) is 0 Å². The Bertz CT molecular complexity index is 433. The molecule has 15 heavy (non-hydrogen) atoms. The fourth-order valence-electron chi connectivity index (χ4n) is 1.84. The van der Waals surface area contributed by atoms with Crippen LogP contribution in [0.4, 0.5) is 0 Å². The molecule has 0 bridgehead atoms. The Morgan fingerprint density at radius 3 is 3.00 bits per heavy atom. The molecule has 1 unspecified atom stereocenters. The smallest absolute Gasteiger partial charge is 0.160 e. The van der Waals surface area contributed by atoms with Gasteiger partial charge in [-0.2, -0.15) is 0 Å². The van der Waals surface area contributed by atoms with Crippen LogP contribution in [0.2, 0.25) is 0 Å². The maximum absolute atomic E-state index is 4.26. The van der Waals surface area contributed by atoms with E-state index in [0.29, 0.717) is 5.92 Å². The number of hydrogen-bond acceptors (Lipinski definition) is 2. The third kappa shape index (κ3) is 2.01. The van der Waals surface area contributed by atoms with Crippen LogP contribution in [0, 0.1) is 0 Å². The van der Waals surface area contributed by atoms with E-state index in [0.717, 1.165) is 11.5 Å². The first-order valence-corrected chi connectivity index (χ1v) is 5.62. The van der Waals surface area contributed by atoms with Gasteiger partial charge >= 0.3 is 0 Å². The van der Waals surface area contributed by atoms with Gasteiger partial charge in [0.1, 0.15) is 5.82 Å². The average molecular weight is 203 g/mol. The highest BCUT2D eigenvalue weighted by atomic mass is 15.2. The third-order valence-corrected chi connectivity index (χ3v) is 2.77. The van der Waals surface area contributed by atoms with E-state index >= 15 is 0 Å². The highest BCUT2D eigenvalue weighted by Crippen LogP contribution is 2.19. The molecule has 0 aliphatic carbocycles. The largest absolute Gasteiger partial charge is 0.286 e. The van der Waals surface area contributed by atoms with Crippen molar-refractivity contribution >= 4 is 5.65 Å². The quantitative estimate of drug-likeness (QED) is 0.764. The lowest BCUT2D eigenvalue weighted by Crippen LogP contribution is -2.00. The summed E-state index contributed by atoms with van der Waals surface area (Å²) in [6.45, 7) is 4.44. The van der Waals surface area contributed by atoms with Gasteiger partial charge in [0.2, 0.25) is 0 Å². The van der Waals surface area contributed by atoms with Gasteiger partial charge in [-0.05, 0) is 18.6 Å². The minimum Gasteiger partial charge on any atom is -0.286 e. The first-order valence-electron chi connectivity index (χ1n) is 5.62. The molecule has 2 heterocycles. The van der Waals surface area contributed by atoms with Crippen molar-refractivity contribution in [2.24, 2.45) is 0 Å². The Balaban J connectivity index is 2.27. The second-order valence-electron chi connectivity index (χ2n) is 4.03. The Morgan fingerprint density at radius 2 is 2.20 bits per heavy atom. The summed E-state index contributed by atoms with van der Waals surface area (Å²) in [5.41, 5.74) is 0.941. The maximum Gasteiger partial charge on any atom is 0.160 e. The monoisotopic (exact) mass is 203 g/mol. The summed E-state index contributed by atoms with van der Waals surface area (Å²) in [6, 6.07) is 6.00. The lowest BCUT2D eigenvalue weighted by Gasteiger charge is -2.08. The van der Waals surface area contributed by atoms with Crippen LogP contribution in [0.15, 0.2) is 24.4 Å². The molecule has 2 aromatic rings. The van der Waals surface area contributed by atoms with Gasteiger partial charge in [0.05, 0.1) is 0 Å². The zero-order valence-corrected chi connectivity index (χ0v) is 9.35. The third-order valence-electron chi connectivity index (χ3n) is 2.77. The fraction of sp³-hybridized carbons (Fsp3) is 0.500. The van der Waals surface area contributed by atoms with Crippen LogP contribution in [0.1, 0.15) is 44.9 Å². The van der Waals surface area contributed by atoms with E-state index < -0.39 is 0 Å². The van der Waals surface area contributed by atoms with Gasteiger partial charge in [-0.3, -0.25) is 4.40 Å². The predicted molar refractivity (Wildman–Crippen MR) is 60.9 cm³/mol. The molecule has 1 atom stereocenters. The van der Waals surface area contributed by atoms with E-state index in [1.165, 1.54) is 19.3 Å². The van der Waals surface area contributed by atoms with Gasteiger partial charge in [-0.1, -0.05) is 32.8 Å². The lowest BCUT2D eigenvalue weighted by molar-refractivity contribution is 0.590. The normalized spacial score (nSPS) is 13.2. The molecule has 3 nitrogen and oxygen atoms in total. The van der Waals surface area contributed by atoms with Crippen molar-refractivity contribution in [3.8, 4) is 0 Å². The van der Waals surface area contributed by atoms with Crippen LogP contribution in [0.25, 0.3) is 5.65 Å². The number of pyridine rings is 1. The topological polar surface area (TPSA) is 30.2 Å². The minimum atomic E-state index is 0.488. The van der Waals surface area contributed by atoms with Gasteiger partial charge in [-0.25, -0.2) is 0 Å². The highest BCUT2D eigenvalue weighted by Gasteiger charge is 2.11. The molecule has 0 aliphatic heterocycles. The van der Waals surface area contributed by atoms with Crippen LogP contribution < -0.4 is 0 Å². The Labute approximate surface area is 90.1 Å². The standard InChI is InChI=1S/C12H17N3/c1-3-4-7-10(2)12-14-13-11-8-5-6-9-15(11)12/h5-6,8-10H,3-4,7H2,1-2H3. The van der Waals surface area contributed by atoms with Gasteiger partial charge in [-0.15, -0.1) is 10.2 Å². The van der Waals surface area contributed by atoms with Crippen molar-refractivity contribution in [2.45, 2.75) is 39.0 Å². The molecular weight excluding hydrogens is 186 g/mol. The summed E-state index contributed by atoms with van der Waals surface area (Å²) in [4.78, 5) is 0. The molecule has 0 amide bonds. The van der Waals surface area contributed by atoms with E-state index in [2.05, 4.69) is 28.4 Å². The first kappa shape index (κ1) is 10.1. The summed E-state index contributed by atoms with van der Waals surface area (Å²) in [5, 5.41) is 8.42. The number of aromatic nitrogens is 3. The zero-order chi connectivity index (χ0) is 10.7. The summed E-state index contributed by atoms with van der Waals surface area (Å²) in [6.07, 6.45) is 5.71. The van der Waals surface area contributed by atoms with Crippen LogP contribution in [-0.2, 0) is 0 Å². The van der Waals surface area contributed by atoms with Crippen LogP contribution in [-0.4, -0.2) is 14.6 Å². The summed E-state index contributed by atoms with van der Waals surface area (Å²) < 4.78 is 2.08. The van der Waals surface area contributed by atoms with Crippen molar-refractivity contribution in [3.63, 3.8) is 0 Å². The van der Waals surface area contributed by atoms with Crippen LogP contribution in [0.5, 0.6) is 0 Å². The van der Waals surface area contributed by atoms with Crippen molar-refractivity contribution in [3.05, 3.63) is 30.2 Å². The molecule has 0 radical (unpaired) electrons. The first-order chi connectivity index (χ1) is 7.33. The van der Waals surface area contributed by atoms with Crippen molar-refractivity contribution < 1.29 is 0 Å². The average Bonchev–Trinajstić information content (AvgIpc) is 2.69. The molecule has 0 saturated heterocycles. The molecule has 0 fully saturated rings. The number of hydrogen-bond donors (Lipinski definition) is 0. The van der Waals surface area contributed by atoms with E-state index in [4.69, 9.17) is 0 Å². The Kier molecular flexibility index (Phi) is 2.99. The highest BCUT2D eigenvalue weighted by molar-refractivity contribution is 5.37. The SMILES string of the molecule is CCCCC(C)c1nnc2ccccn12.